The van der Waals surface area contributed by atoms with E-state index in [-0.39, 0.29) is 24.3 Å². The molecule has 4 heteroatoms. The van der Waals surface area contributed by atoms with Crippen LogP contribution in [0.2, 0.25) is 0 Å². The van der Waals surface area contributed by atoms with Gasteiger partial charge in [0.05, 0.1) is 6.42 Å². The number of amides is 1. The van der Waals surface area contributed by atoms with Crippen molar-refractivity contribution in [2.24, 2.45) is 5.92 Å². The van der Waals surface area contributed by atoms with Crippen LogP contribution in [-0.2, 0) is 9.59 Å². The normalized spacial score (nSPS) is 19.4. The Balaban J connectivity index is 2.68. The highest BCUT2D eigenvalue weighted by atomic mass is 16.4. The molecule has 0 radical (unpaired) electrons. The fourth-order valence-electron chi connectivity index (χ4n) is 2.06. The van der Waals surface area contributed by atoms with Crippen LogP contribution >= 0.6 is 0 Å². The first-order valence-corrected chi connectivity index (χ1v) is 5.53. The number of likely N-dealkylation sites (tertiary alicyclic amines) is 1. The first-order chi connectivity index (χ1) is 7.02. The molecular weight excluding hydrogens is 194 g/mol. The van der Waals surface area contributed by atoms with Crippen LogP contribution in [-0.4, -0.2) is 34.5 Å². The van der Waals surface area contributed by atoms with Crippen molar-refractivity contribution >= 4 is 11.9 Å². The number of aliphatic carboxylic acids is 1. The average molecular weight is 213 g/mol. The lowest BCUT2D eigenvalue weighted by atomic mass is 9.96. The summed E-state index contributed by atoms with van der Waals surface area (Å²) in [5.41, 5.74) is 0. The van der Waals surface area contributed by atoms with Crippen LogP contribution in [0.25, 0.3) is 0 Å². The van der Waals surface area contributed by atoms with Gasteiger partial charge >= 0.3 is 5.97 Å². The zero-order valence-corrected chi connectivity index (χ0v) is 9.40. The minimum absolute atomic E-state index is 0.0589. The van der Waals surface area contributed by atoms with Crippen LogP contribution in [0.1, 0.15) is 39.5 Å². The fraction of sp³-hybridized carbons (Fsp3) is 0.818. The van der Waals surface area contributed by atoms with Gasteiger partial charge in [-0.1, -0.05) is 13.8 Å². The molecule has 0 aromatic rings. The number of rotatable bonds is 4. The minimum atomic E-state index is -0.827. The van der Waals surface area contributed by atoms with Gasteiger partial charge < -0.3 is 10.0 Å². The lowest BCUT2D eigenvalue weighted by Crippen LogP contribution is -2.46. The molecule has 1 amide bonds. The standard InChI is InChI=1S/C11H19NO3/c1-8(2)9(7-11(14)15)12-6-4-3-5-10(12)13/h8-9H,3-7H2,1-2H3,(H,14,15). The average Bonchev–Trinajstić information content (AvgIpc) is 2.15. The summed E-state index contributed by atoms with van der Waals surface area (Å²) in [5, 5.41) is 8.81. The Morgan fingerprint density at radius 3 is 2.60 bits per heavy atom. The first kappa shape index (κ1) is 12.0. The van der Waals surface area contributed by atoms with Crippen molar-refractivity contribution in [2.45, 2.75) is 45.6 Å². The number of hydrogen-bond acceptors (Lipinski definition) is 2. The lowest BCUT2D eigenvalue weighted by molar-refractivity contribution is -0.143. The van der Waals surface area contributed by atoms with Gasteiger partial charge in [0.2, 0.25) is 5.91 Å². The van der Waals surface area contributed by atoms with Crippen molar-refractivity contribution in [3.63, 3.8) is 0 Å². The number of carboxylic acids is 1. The molecular formula is C11H19NO3. The Bertz CT molecular complexity index is 250. The van der Waals surface area contributed by atoms with Crippen LogP contribution in [0.5, 0.6) is 0 Å². The van der Waals surface area contributed by atoms with Crippen molar-refractivity contribution in [3.05, 3.63) is 0 Å². The fourth-order valence-corrected chi connectivity index (χ4v) is 2.06. The van der Waals surface area contributed by atoms with Gasteiger partial charge in [-0.3, -0.25) is 9.59 Å². The van der Waals surface area contributed by atoms with Gasteiger partial charge in [0.25, 0.3) is 0 Å². The topological polar surface area (TPSA) is 57.6 Å². The predicted octanol–water partition coefficient (Wildman–Crippen LogP) is 1.50. The van der Waals surface area contributed by atoms with E-state index in [4.69, 9.17) is 5.11 Å². The lowest BCUT2D eigenvalue weighted by Gasteiger charge is -2.36. The molecule has 4 nitrogen and oxygen atoms in total. The number of carbonyl (C=O) groups is 2. The molecule has 0 aromatic heterocycles. The monoisotopic (exact) mass is 213 g/mol. The van der Waals surface area contributed by atoms with Gasteiger partial charge in [0, 0.05) is 19.0 Å². The van der Waals surface area contributed by atoms with E-state index < -0.39 is 5.97 Å². The van der Waals surface area contributed by atoms with Crippen molar-refractivity contribution < 1.29 is 14.7 Å². The number of piperidine rings is 1. The minimum Gasteiger partial charge on any atom is -0.481 e. The molecule has 0 aromatic carbocycles. The molecule has 1 rings (SSSR count). The van der Waals surface area contributed by atoms with Crippen molar-refractivity contribution in [1.82, 2.24) is 4.90 Å². The third-order valence-electron chi connectivity index (χ3n) is 2.91. The molecule has 0 bridgehead atoms. The SMILES string of the molecule is CC(C)C(CC(=O)O)N1CCCCC1=O. The highest BCUT2D eigenvalue weighted by molar-refractivity contribution is 5.78. The second-order valence-corrected chi connectivity index (χ2v) is 4.45. The Labute approximate surface area is 90.3 Å². The van der Waals surface area contributed by atoms with Crippen LogP contribution in [0, 0.1) is 5.92 Å². The Morgan fingerprint density at radius 1 is 1.47 bits per heavy atom. The summed E-state index contributed by atoms with van der Waals surface area (Å²) < 4.78 is 0. The summed E-state index contributed by atoms with van der Waals surface area (Å²) in [5.74, 6) is -0.517. The molecule has 1 N–H and O–H groups in total. The third-order valence-corrected chi connectivity index (χ3v) is 2.91. The van der Waals surface area contributed by atoms with Gasteiger partial charge in [-0.2, -0.15) is 0 Å². The molecule has 1 atom stereocenters. The molecule has 1 fully saturated rings. The van der Waals surface area contributed by atoms with Gasteiger partial charge in [-0.25, -0.2) is 0 Å². The van der Waals surface area contributed by atoms with E-state index >= 15 is 0 Å². The number of carbonyl (C=O) groups excluding carboxylic acids is 1. The molecule has 1 aliphatic heterocycles. The maximum atomic E-state index is 11.7. The zero-order chi connectivity index (χ0) is 11.4. The summed E-state index contributed by atoms with van der Waals surface area (Å²) in [7, 11) is 0. The molecule has 1 heterocycles. The highest BCUT2D eigenvalue weighted by Crippen LogP contribution is 2.20. The summed E-state index contributed by atoms with van der Waals surface area (Å²) in [6.45, 7) is 4.65. The molecule has 1 saturated heterocycles. The molecule has 1 unspecified atom stereocenters. The number of carboxylic acid groups (broad SMARTS) is 1. The van der Waals surface area contributed by atoms with Crippen molar-refractivity contribution in [2.75, 3.05) is 6.54 Å². The number of hydrogen-bond donors (Lipinski definition) is 1. The Hall–Kier alpha value is -1.06. The van der Waals surface area contributed by atoms with Crippen molar-refractivity contribution in [3.8, 4) is 0 Å². The summed E-state index contributed by atoms with van der Waals surface area (Å²) in [4.78, 5) is 24.1. The number of nitrogens with zero attached hydrogens (tertiary/aromatic N) is 1. The van der Waals surface area contributed by atoms with E-state index in [0.29, 0.717) is 6.42 Å². The van der Waals surface area contributed by atoms with E-state index in [2.05, 4.69) is 0 Å². The molecule has 1 aliphatic rings. The van der Waals surface area contributed by atoms with E-state index in [9.17, 15) is 9.59 Å². The van der Waals surface area contributed by atoms with Gasteiger partial charge in [-0.15, -0.1) is 0 Å². The van der Waals surface area contributed by atoms with E-state index in [1.807, 2.05) is 13.8 Å². The smallest absolute Gasteiger partial charge is 0.305 e. The van der Waals surface area contributed by atoms with Crippen LogP contribution in [0.4, 0.5) is 0 Å². The summed E-state index contributed by atoms with van der Waals surface area (Å²) in [6, 6.07) is -0.143. The van der Waals surface area contributed by atoms with Gasteiger partial charge in [0.15, 0.2) is 0 Å². The van der Waals surface area contributed by atoms with E-state index in [0.717, 1.165) is 19.4 Å². The maximum Gasteiger partial charge on any atom is 0.305 e. The van der Waals surface area contributed by atoms with E-state index in [1.165, 1.54) is 0 Å². The largest absolute Gasteiger partial charge is 0.481 e. The molecule has 0 saturated carbocycles. The summed E-state index contributed by atoms with van der Waals surface area (Å²) in [6.07, 6.45) is 2.56. The zero-order valence-electron chi connectivity index (χ0n) is 9.40. The second kappa shape index (κ2) is 5.14. The van der Waals surface area contributed by atoms with Gasteiger partial charge in [0.1, 0.15) is 0 Å². The maximum absolute atomic E-state index is 11.7. The Kier molecular flexibility index (Phi) is 4.12. The van der Waals surface area contributed by atoms with Crippen LogP contribution in [0.3, 0.4) is 0 Å². The second-order valence-electron chi connectivity index (χ2n) is 4.45. The molecule has 15 heavy (non-hydrogen) atoms. The Morgan fingerprint density at radius 2 is 2.13 bits per heavy atom. The van der Waals surface area contributed by atoms with Gasteiger partial charge in [-0.05, 0) is 18.8 Å². The summed E-state index contributed by atoms with van der Waals surface area (Å²) >= 11 is 0. The quantitative estimate of drug-likeness (QED) is 0.769. The molecule has 0 aliphatic carbocycles. The van der Waals surface area contributed by atoms with Crippen LogP contribution in [0.15, 0.2) is 0 Å². The van der Waals surface area contributed by atoms with Crippen LogP contribution < -0.4 is 0 Å². The molecule has 0 spiro atoms. The molecule has 86 valence electrons. The first-order valence-electron chi connectivity index (χ1n) is 5.53. The third kappa shape index (κ3) is 3.22. The highest BCUT2D eigenvalue weighted by Gasteiger charge is 2.29. The van der Waals surface area contributed by atoms with Crippen molar-refractivity contribution in [1.29, 1.82) is 0 Å². The van der Waals surface area contributed by atoms with E-state index in [1.54, 1.807) is 4.90 Å². The predicted molar refractivity (Wildman–Crippen MR) is 56.4 cm³/mol.